The number of aliphatic imine (C=N–C) groups is 2. The molecule has 144 valence electrons. The van der Waals surface area contributed by atoms with Crippen molar-refractivity contribution in [3.05, 3.63) is 57.6 Å². The minimum Gasteiger partial charge on any atom is -0.507 e. The van der Waals surface area contributed by atoms with Crippen LogP contribution in [-0.4, -0.2) is 35.7 Å². The molecule has 4 heteroatoms. The average molecular weight is 367 g/mol. The Labute approximate surface area is 162 Å². The van der Waals surface area contributed by atoms with Crippen LogP contribution in [0.4, 0.5) is 0 Å². The maximum atomic E-state index is 10.2. The van der Waals surface area contributed by atoms with E-state index in [4.69, 9.17) is 0 Å². The average Bonchev–Trinajstić information content (AvgIpc) is 2.65. The van der Waals surface area contributed by atoms with E-state index in [2.05, 4.69) is 9.98 Å². The highest BCUT2D eigenvalue weighted by Crippen LogP contribution is 2.24. The van der Waals surface area contributed by atoms with Gasteiger partial charge in [-0.05, 0) is 67.5 Å². The van der Waals surface area contributed by atoms with Crippen molar-refractivity contribution in [2.45, 2.75) is 47.0 Å². The van der Waals surface area contributed by atoms with Crippen LogP contribution >= 0.6 is 0 Å². The molecular formula is C23H30N2O2. The van der Waals surface area contributed by atoms with Gasteiger partial charge in [-0.25, -0.2) is 0 Å². The molecule has 2 N–H and O–H groups in total. The molecule has 27 heavy (non-hydrogen) atoms. The lowest BCUT2D eigenvalue weighted by Crippen LogP contribution is -1.94. The molecule has 0 saturated carbocycles. The Balaban J connectivity index is 1.90. The first-order chi connectivity index (χ1) is 13.0. The molecule has 0 atom stereocenters. The quantitative estimate of drug-likeness (QED) is 0.522. The maximum Gasteiger partial charge on any atom is 0.127 e. The van der Waals surface area contributed by atoms with Crippen molar-refractivity contribution in [1.82, 2.24) is 0 Å². The van der Waals surface area contributed by atoms with Gasteiger partial charge in [0.15, 0.2) is 0 Å². The molecular weight excluding hydrogens is 336 g/mol. The maximum absolute atomic E-state index is 10.2. The first kappa shape index (κ1) is 20.7. The molecule has 0 aliphatic rings. The van der Waals surface area contributed by atoms with Crippen molar-refractivity contribution in [2.24, 2.45) is 9.98 Å². The standard InChI is InChI=1S/C23H30N2O2/c1-5-18-10-16(3)12-20(22(18)26)14-24-8-7-9-25-15-21-13-17(4)11-19(6-2)23(21)27/h10-15,26-27H,5-9H2,1-4H3. The van der Waals surface area contributed by atoms with Gasteiger partial charge in [0.2, 0.25) is 0 Å². The lowest BCUT2D eigenvalue weighted by atomic mass is 10.0. The largest absolute Gasteiger partial charge is 0.507 e. The van der Waals surface area contributed by atoms with Crippen LogP contribution in [0.15, 0.2) is 34.3 Å². The number of aryl methyl sites for hydroxylation is 4. The predicted molar refractivity (Wildman–Crippen MR) is 114 cm³/mol. The van der Waals surface area contributed by atoms with Gasteiger partial charge in [-0.15, -0.1) is 0 Å². The molecule has 4 nitrogen and oxygen atoms in total. The summed E-state index contributed by atoms with van der Waals surface area (Å²) in [6.45, 7) is 9.40. The molecule has 2 aromatic carbocycles. The number of benzene rings is 2. The molecule has 0 aromatic heterocycles. The van der Waals surface area contributed by atoms with Crippen LogP contribution in [0.2, 0.25) is 0 Å². The van der Waals surface area contributed by atoms with E-state index in [0.29, 0.717) is 24.6 Å². The fourth-order valence-corrected chi connectivity index (χ4v) is 3.08. The van der Waals surface area contributed by atoms with Gasteiger partial charge < -0.3 is 10.2 Å². The third-order valence-electron chi connectivity index (χ3n) is 4.52. The SMILES string of the molecule is CCc1cc(C)cc(C=NCCCN=Cc2cc(C)cc(CC)c2O)c1O. The molecule has 0 bridgehead atoms. The van der Waals surface area contributed by atoms with Crippen molar-refractivity contribution >= 4 is 12.4 Å². The molecule has 0 heterocycles. The van der Waals surface area contributed by atoms with Gasteiger partial charge in [0.05, 0.1) is 0 Å². The second-order valence-corrected chi connectivity index (χ2v) is 6.85. The predicted octanol–water partition coefficient (Wildman–Crippen LogP) is 4.77. The monoisotopic (exact) mass is 366 g/mol. The summed E-state index contributed by atoms with van der Waals surface area (Å²) in [7, 11) is 0. The van der Waals surface area contributed by atoms with Crippen molar-refractivity contribution in [1.29, 1.82) is 0 Å². The summed E-state index contributed by atoms with van der Waals surface area (Å²) in [4.78, 5) is 8.83. The van der Waals surface area contributed by atoms with Gasteiger partial charge in [-0.1, -0.05) is 26.0 Å². The Bertz CT molecular complexity index is 769. The van der Waals surface area contributed by atoms with Crippen LogP contribution in [0.5, 0.6) is 11.5 Å². The Morgan fingerprint density at radius 2 is 1.15 bits per heavy atom. The topological polar surface area (TPSA) is 65.2 Å². The number of rotatable bonds is 8. The molecule has 2 rings (SSSR count). The van der Waals surface area contributed by atoms with Gasteiger partial charge in [0, 0.05) is 36.6 Å². The zero-order valence-electron chi connectivity index (χ0n) is 16.8. The summed E-state index contributed by atoms with van der Waals surface area (Å²) < 4.78 is 0. The summed E-state index contributed by atoms with van der Waals surface area (Å²) in [6.07, 6.45) is 5.90. The first-order valence-corrected chi connectivity index (χ1v) is 9.60. The molecule has 0 aliphatic heterocycles. The second kappa shape index (κ2) is 9.91. The fraction of sp³-hybridized carbons (Fsp3) is 0.391. The highest BCUT2D eigenvalue weighted by Gasteiger charge is 2.06. The van der Waals surface area contributed by atoms with Crippen molar-refractivity contribution in [2.75, 3.05) is 13.1 Å². The Morgan fingerprint density at radius 3 is 1.52 bits per heavy atom. The van der Waals surface area contributed by atoms with Crippen molar-refractivity contribution in [3.63, 3.8) is 0 Å². The highest BCUT2D eigenvalue weighted by atomic mass is 16.3. The number of hydrogen-bond acceptors (Lipinski definition) is 4. The molecule has 0 aliphatic carbocycles. The van der Waals surface area contributed by atoms with E-state index < -0.39 is 0 Å². The summed E-state index contributed by atoms with van der Waals surface area (Å²) in [6, 6.07) is 7.90. The molecule has 0 saturated heterocycles. The molecule has 0 amide bonds. The van der Waals surface area contributed by atoms with Gasteiger partial charge in [0.25, 0.3) is 0 Å². The molecule has 0 spiro atoms. The van der Waals surface area contributed by atoms with Gasteiger partial charge >= 0.3 is 0 Å². The van der Waals surface area contributed by atoms with E-state index in [1.165, 1.54) is 0 Å². The second-order valence-electron chi connectivity index (χ2n) is 6.85. The van der Waals surface area contributed by atoms with E-state index in [1.807, 2.05) is 52.0 Å². The minimum atomic E-state index is 0.325. The van der Waals surface area contributed by atoms with Crippen LogP contribution in [0, 0.1) is 13.8 Å². The van der Waals surface area contributed by atoms with Gasteiger partial charge in [-0.3, -0.25) is 9.98 Å². The summed E-state index contributed by atoms with van der Waals surface area (Å²) >= 11 is 0. The summed E-state index contributed by atoms with van der Waals surface area (Å²) in [5.41, 5.74) is 5.69. The lowest BCUT2D eigenvalue weighted by molar-refractivity contribution is 0.467. The number of phenols is 2. The molecule has 0 radical (unpaired) electrons. The fourth-order valence-electron chi connectivity index (χ4n) is 3.08. The normalized spacial score (nSPS) is 11.7. The third-order valence-corrected chi connectivity index (χ3v) is 4.52. The van der Waals surface area contributed by atoms with E-state index in [0.717, 1.165) is 52.6 Å². The summed E-state index contributed by atoms with van der Waals surface area (Å²) in [5, 5.41) is 20.5. The van der Waals surface area contributed by atoms with E-state index in [-0.39, 0.29) is 0 Å². The first-order valence-electron chi connectivity index (χ1n) is 9.60. The third kappa shape index (κ3) is 5.68. The van der Waals surface area contributed by atoms with Gasteiger partial charge in [0.1, 0.15) is 11.5 Å². The van der Waals surface area contributed by atoms with E-state index in [1.54, 1.807) is 12.4 Å². The lowest BCUT2D eigenvalue weighted by Gasteiger charge is -2.07. The zero-order chi connectivity index (χ0) is 19.8. The number of aromatic hydroxyl groups is 2. The van der Waals surface area contributed by atoms with Crippen molar-refractivity contribution < 1.29 is 10.2 Å². The van der Waals surface area contributed by atoms with Gasteiger partial charge in [-0.2, -0.15) is 0 Å². The number of hydrogen-bond donors (Lipinski definition) is 2. The Morgan fingerprint density at radius 1 is 0.741 bits per heavy atom. The number of phenolic OH excluding ortho intramolecular Hbond substituents is 2. The van der Waals surface area contributed by atoms with Crippen molar-refractivity contribution in [3.8, 4) is 11.5 Å². The molecule has 0 unspecified atom stereocenters. The van der Waals surface area contributed by atoms with E-state index in [9.17, 15) is 10.2 Å². The molecule has 2 aromatic rings. The van der Waals surface area contributed by atoms with Crippen LogP contribution in [0.25, 0.3) is 0 Å². The Hall–Kier alpha value is -2.62. The smallest absolute Gasteiger partial charge is 0.127 e. The van der Waals surface area contributed by atoms with Crippen LogP contribution in [-0.2, 0) is 12.8 Å². The molecule has 0 fully saturated rings. The Kier molecular flexibility index (Phi) is 7.59. The van der Waals surface area contributed by atoms with Crippen LogP contribution in [0.3, 0.4) is 0 Å². The minimum absolute atomic E-state index is 0.325. The highest BCUT2D eigenvalue weighted by molar-refractivity contribution is 5.85. The number of nitrogens with zero attached hydrogens (tertiary/aromatic N) is 2. The van der Waals surface area contributed by atoms with Crippen LogP contribution in [0.1, 0.15) is 53.6 Å². The summed E-state index contributed by atoms with van der Waals surface area (Å²) in [5.74, 6) is 0.651. The van der Waals surface area contributed by atoms with E-state index >= 15 is 0 Å². The zero-order valence-corrected chi connectivity index (χ0v) is 16.8. The van der Waals surface area contributed by atoms with Crippen LogP contribution < -0.4 is 0 Å².